The first kappa shape index (κ1) is 17.9. The topological polar surface area (TPSA) is 102 Å². The van der Waals surface area contributed by atoms with E-state index in [4.69, 9.17) is 9.26 Å². The van der Waals surface area contributed by atoms with Crippen molar-refractivity contribution in [2.75, 3.05) is 7.11 Å². The van der Waals surface area contributed by atoms with Crippen LogP contribution in [0.3, 0.4) is 0 Å². The number of rotatable bonds is 5. The fourth-order valence-electron chi connectivity index (χ4n) is 3.09. The van der Waals surface area contributed by atoms with Gasteiger partial charge in [0.2, 0.25) is 0 Å². The van der Waals surface area contributed by atoms with Crippen molar-refractivity contribution in [3.63, 3.8) is 0 Å². The van der Waals surface area contributed by atoms with Gasteiger partial charge in [-0.1, -0.05) is 17.6 Å². The molecular formula is C18H19FN2O5. The fourth-order valence-corrected chi connectivity index (χ4v) is 3.09. The Morgan fingerprint density at radius 1 is 1.31 bits per heavy atom. The molecule has 7 nitrogen and oxygen atoms in total. The summed E-state index contributed by atoms with van der Waals surface area (Å²) in [4.78, 5) is 24.2. The molecule has 26 heavy (non-hydrogen) atoms. The monoisotopic (exact) mass is 362 g/mol. The van der Waals surface area contributed by atoms with Crippen LogP contribution in [0.25, 0.3) is 0 Å². The summed E-state index contributed by atoms with van der Waals surface area (Å²) in [7, 11) is 1.31. The van der Waals surface area contributed by atoms with Crippen molar-refractivity contribution in [1.29, 1.82) is 0 Å². The van der Waals surface area contributed by atoms with E-state index in [2.05, 4.69) is 10.5 Å². The van der Waals surface area contributed by atoms with Gasteiger partial charge in [0.15, 0.2) is 23.3 Å². The van der Waals surface area contributed by atoms with E-state index < -0.39 is 23.7 Å². The molecule has 0 spiro atoms. The van der Waals surface area contributed by atoms with Crippen molar-refractivity contribution in [3.05, 3.63) is 46.6 Å². The molecule has 0 radical (unpaired) electrons. The Kier molecular flexibility index (Phi) is 5.20. The number of benzene rings is 1. The van der Waals surface area contributed by atoms with E-state index in [0.717, 1.165) is 30.9 Å². The van der Waals surface area contributed by atoms with Gasteiger partial charge in [-0.25, -0.2) is 9.18 Å². The zero-order valence-electron chi connectivity index (χ0n) is 14.3. The standard InChI is InChI=1S/C18H19FN2O5/c1-25-14-8-7-10(9-12(14)19)15(18(23)24)20-17(22)16-11-5-3-2-4-6-13(11)26-21-16/h7-9,15H,2-6H2,1H3,(H,20,22)(H,23,24). The number of halogens is 1. The van der Waals surface area contributed by atoms with Crippen LogP contribution in [0.5, 0.6) is 5.75 Å². The van der Waals surface area contributed by atoms with Crippen LogP contribution in [0.1, 0.15) is 52.7 Å². The maximum absolute atomic E-state index is 13.9. The number of hydrogen-bond acceptors (Lipinski definition) is 5. The van der Waals surface area contributed by atoms with E-state index in [0.29, 0.717) is 18.6 Å². The SMILES string of the molecule is COc1ccc(C(NC(=O)c2noc3c2CCCCC3)C(=O)O)cc1F. The minimum absolute atomic E-state index is 0.00830. The first-order valence-corrected chi connectivity index (χ1v) is 8.35. The van der Waals surface area contributed by atoms with E-state index in [9.17, 15) is 19.1 Å². The molecule has 1 aromatic carbocycles. The maximum atomic E-state index is 13.9. The van der Waals surface area contributed by atoms with Crippen LogP contribution >= 0.6 is 0 Å². The lowest BCUT2D eigenvalue weighted by atomic mass is 10.0. The Morgan fingerprint density at radius 2 is 2.08 bits per heavy atom. The Morgan fingerprint density at radius 3 is 2.77 bits per heavy atom. The summed E-state index contributed by atoms with van der Waals surface area (Å²) in [6.07, 6.45) is 4.29. The smallest absolute Gasteiger partial charge is 0.330 e. The summed E-state index contributed by atoms with van der Waals surface area (Å²) in [6, 6.07) is 2.32. The molecule has 8 heteroatoms. The van der Waals surface area contributed by atoms with Gasteiger partial charge in [0.05, 0.1) is 7.11 Å². The predicted molar refractivity (Wildman–Crippen MR) is 88.6 cm³/mol. The van der Waals surface area contributed by atoms with Gasteiger partial charge in [-0.2, -0.15) is 0 Å². The van der Waals surface area contributed by atoms with Gasteiger partial charge >= 0.3 is 5.97 Å². The molecule has 1 aliphatic rings. The first-order valence-electron chi connectivity index (χ1n) is 8.35. The fraction of sp³-hybridized carbons (Fsp3) is 0.389. The molecule has 0 saturated carbocycles. The molecule has 0 saturated heterocycles. The molecule has 1 aliphatic carbocycles. The number of carboxylic acids is 1. The van der Waals surface area contributed by atoms with Gasteiger partial charge in [0.25, 0.3) is 5.91 Å². The zero-order valence-corrected chi connectivity index (χ0v) is 14.3. The number of aryl methyl sites for hydroxylation is 1. The van der Waals surface area contributed by atoms with Crippen molar-refractivity contribution < 1.29 is 28.3 Å². The molecule has 2 aromatic rings. The van der Waals surface area contributed by atoms with Crippen molar-refractivity contribution >= 4 is 11.9 Å². The number of aromatic nitrogens is 1. The molecule has 138 valence electrons. The second-order valence-corrected chi connectivity index (χ2v) is 6.13. The number of hydrogen-bond donors (Lipinski definition) is 2. The van der Waals surface area contributed by atoms with Crippen molar-refractivity contribution in [2.24, 2.45) is 0 Å². The lowest BCUT2D eigenvalue weighted by molar-refractivity contribution is -0.139. The van der Waals surface area contributed by atoms with Crippen LogP contribution < -0.4 is 10.1 Å². The van der Waals surface area contributed by atoms with Gasteiger partial charge in [0, 0.05) is 12.0 Å². The van der Waals surface area contributed by atoms with Crippen LogP contribution in [0.15, 0.2) is 22.7 Å². The number of nitrogens with zero attached hydrogens (tertiary/aromatic N) is 1. The molecule has 1 unspecified atom stereocenters. The van der Waals surface area contributed by atoms with Gasteiger partial charge in [0.1, 0.15) is 5.76 Å². The van der Waals surface area contributed by atoms with Crippen molar-refractivity contribution in [1.82, 2.24) is 10.5 Å². The number of nitrogens with one attached hydrogen (secondary N) is 1. The number of carbonyl (C=O) groups excluding carboxylic acids is 1. The average Bonchev–Trinajstić information content (AvgIpc) is 2.88. The molecule has 0 fully saturated rings. The molecule has 2 N–H and O–H groups in total. The summed E-state index contributed by atoms with van der Waals surface area (Å²) in [5.41, 5.74) is 0.922. The van der Waals surface area contributed by atoms with E-state index >= 15 is 0 Å². The Balaban J connectivity index is 1.85. The zero-order chi connectivity index (χ0) is 18.7. The average molecular weight is 362 g/mol. The maximum Gasteiger partial charge on any atom is 0.330 e. The summed E-state index contributed by atoms with van der Waals surface area (Å²) in [6.45, 7) is 0. The van der Waals surface area contributed by atoms with Gasteiger partial charge in [-0.05, 0) is 37.0 Å². The molecule has 1 amide bonds. The van der Waals surface area contributed by atoms with Crippen LogP contribution in [0.4, 0.5) is 4.39 Å². The highest BCUT2D eigenvalue weighted by Crippen LogP contribution is 2.25. The summed E-state index contributed by atoms with van der Waals surface area (Å²) in [5.74, 6) is -2.00. The Bertz CT molecular complexity index is 833. The highest BCUT2D eigenvalue weighted by Gasteiger charge is 2.28. The minimum atomic E-state index is -1.42. The molecule has 0 aliphatic heterocycles. The van der Waals surface area contributed by atoms with Crippen LogP contribution in [-0.2, 0) is 17.6 Å². The summed E-state index contributed by atoms with van der Waals surface area (Å²) < 4.78 is 24.0. The van der Waals surface area contributed by atoms with Crippen molar-refractivity contribution in [3.8, 4) is 5.75 Å². The second kappa shape index (κ2) is 7.55. The number of amides is 1. The normalized spacial score (nSPS) is 14.8. The van der Waals surface area contributed by atoms with E-state index in [1.807, 2.05) is 0 Å². The highest BCUT2D eigenvalue weighted by molar-refractivity contribution is 5.96. The van der Waals surface area contributed by atoms with Crippen LogP contribution in [0.2, 0.25) is 0 Å². The number of ether oxygens (including phenoxy) is 1. The number of fused-ring (bicyclic) bond motifs is 1. The van der Waals surface area contributed by atoms with Crippen LogP contribution in [-0.4, -0.2) is 29.2 Å². The van der Waals surface area contributed by atoms with E-state index in [1.54, 1.807) is 0 Å². The number of aliphatic carboxylic acids is 1. The van der Waals surface area contributed by atoms with E-state index in [1.165, 1.54) is 19.2 Å². The van der Waals surface area contributed by atoms with Gasteiger partial charge < -0.3 is 19.7 Å². The first-order chi connectivity index (χ1) is 12.5. The minimum Gasteiger partial charge on any atom is -0.494 e. The molecule has 0 bridgehead atoms. The van der Waals surface area contributed by atoms with Gasteiger partial charge in [-0.15, -0.1) is 0 Å². The third-order valence-electron chi connectivity index (χ3n) is 4.45. The number of carboxylic acid groups (broad SMARTS) is 1. The molecule has 3 rings (SSSR count). The summed E-state index contributed by atoms with van der Waals surface area (Å²) >= 11 is 0. The Hall–Kier alpha value is -2.90. The summed E-state index contributed by atoms with van der Waals surface area (Å²) in [5, 5.41) is 15.7. The lowest BCUT2D eigenvalue weighted by Crippen LogP contribution is -2.34. The molecule has 1 aromatic heterocycles. The molecular weight excluding hydrogens is 343 g/mol. The lowest BCUT2D eigenvalue weighted by Gasteiger charge is -2.15. The highest BCUT2D eigenvalue weighted by atomic mass is 19.1. The van der Waals surface area contributed by atoms with Crippen LogP contribution in [0, 0.1) is 5.82 Å². The molecule has 1 heterocycles. The quantitative estimate of drug-likeness (QED) is 0.793. The number of carbonyl (C=O) groups is 2. The van der Waals surface area contributed by atoms with Gasteiger partial charge in [-0.3, -0.25) is 4.79 Å². The predicted octanol–water partition coefficient (Wildman–Crippen LogP) is 2.65. The molecule has 1 atom stereocenters. The third kappa shape index (κ3) is 3.54. The largest absolute Gasteiger partial charge is 0.494 e. The van der Waals surface area contributed by atoms with Crippen molar-refractivity contribution in [2.45, 2.75) is 38.1 Å². The second-order valence-electron chi connectivity index (χ2n) is 6.13. The number of methoxy groups -OCH3 is 1. The third-order valence-corrected chi connectivity index (χ3v) is 4.45. The van der Waals surface area contributed by atoms with E-state index in [-0.39, 0.29) is 17.0 Å². The Labute approximate surface area is 149 Å².